The molecule has 5 heteroatoms. The summed E-state index contributed by atoms with van der Waals surface area (Å²) in [4.78, 5) is 23.7. The largest absolute Gasteiger partial charge is 0.273 e. The summed E-state index contributed by atoms with van der Waals surface area (Å²) in [6.07, 6.45) is 1.88. The van der Waals surface area contributed by atoms with Crippen molar-refractivity contribution in [2.24, 2.45) is 5.92 Å². The third-order valence-electron chi connectivity index (χ3n) is 3.41. The van der Waals surface area contributed by atoms with Crippen molar-refractivity contribution in [3.05, 3.63) is 35.4 Å². The van der Waals surface area contributed by atoms with Gasteiger partial charge in [0.25, 0.3) is 5.91 Å². The van der Waals surface area contributed by atoms with Gasteiger partial charge in [-0.25, -0.2) is 5.01 Å². The third-order valence-corrected chi connectivity index (χ3v) is 4.62. The summed E-state index contributed by atoms with van der Waals surface area (Å²) in [7, 11) is 0. The fraction of sp³-hybridized carbons (Fsp3) is 0.429. The van der Waals surface area contributed by atoms with E-state index in [1.54, 1.807) is 11.8 Å². The number of hydrogen-bond donors (Lipinski definition) is 1. The van der Waals surface area contributed by atoms with Crippen LogP contribution in [-0.4, -0.2) is 22.6 Å². The van der Waals surface area contributed by atoms with Crippen LogP contribution in [-0.2, 0) is 9.59 Å². The van der Waals surface area contributed by atoms with Gasteiger partial charge in [0.15, 0.2) is 0 Å². The summed E-state index contributed by atoms with van der Waals surface area (Å²) in [5, 5.41) is 1.39. The molecule has 4 nitrogen and oxygen atoms in total. The molecule has 2 amide bonds. The Morgan fingerprint density at radius 2 is 2.00 bits per heavy atom. The average Bonchev–Trinajstić information content (AvgIpc) is 3.18. The summed E-state index contributed by atoms with van der Waals surface area (Å²) < 4.78 is 0. The van der Waals surface area contributed by atoms with E-state index in [1.165, 1.54) is 10.6 Å². The van der Waals surface area contributed by atoms with Crippen LogP contribution in [0.2, 0.25) is 0 Å². The van der Waals surface area contributed by atoms with Crippen molar-refractivity contribution in [1.82, 2.24) is 10.4 Å². The number of nitrogens with zero attached hydrogens (tertiary/aromatic N) is 1. The Bertz CT molecular complexity index is 511. The number of benzene rings is 1. The van der Waals surface area contributed by atoms with E-state index in [4.69, 9.17) is 0 Å². The van der Waals surface area contributed by atoms with Crippen LogP contribution in [0.5, 0.6) is 0 Å². The van der Waals surface area contributed by atoms with Crippen LogP contribution in [0.15, 0.2) is 24.3 Å². The van der Waals surface area contributed by atoms with Crippen LogP contribution in [0, 0.1) is 12.8 Å². The van der Waals surface area contributed by atoms with E-state index in [2.05, 4.69) is 5.43 Å². The molecule has 1 aromatic carbocycles. The highest BCUT2D eigenvalue weighted by atomic mass is 32.2. The topological polar surface area (TPSA) is 49.4 Å². The molecule has 0 radical (unpaired) electrons. The Kier molecular flexibility index (Phi) is 3.22. The lowest BCUT2D eigenvalue weighted by Gasteiger charge is -2.24. The molecule has 1 saturated heterocycles. The number of thioether (sulfide) groups is 1. The number of hydrazine groups is 1. The van der Waals surface area contributed by atoms with Gasteiger partial charge in [-0.1, -0.05) is 29.8 Å². The van der Waals surface area contributed by atoms with Crippen LogP contribution >= 0.6 is 11.8 Å². The SMILES string of the molecule is Cc1ccc(C2SCC(=O)N2NC(=O)C2CC2)cc1. The second-order valence-corrected chi connectivity index (χ2v) is 6.16. The van der Waals surface area contributed by atoms with E-state index in [1.807, 2.05) is 31.2 Å². The maximum atomic E-state index is 11.9. The maximum absolute atomic E-state index is 11.9. The van der Waals surface area contributed by atoms with E-state index in [0.29, 0.717) is 5.75 Å². The molecule has 1 aromatic rings. The van der Waals surface area contributed by atoms with Gasteiger partial charge in [-0.3, -0.25) is 15.0 Å². The number of carbonyl (C=O) groups is 2. The van der Waals surface area contributed by atoms with E-state index in [-0.39, 0.29) is 23.1 Å². The molecule has 1 N–H and O–H groups in total. The first-order chi connectivity index (χ1) is 9.15. The number of amides is 2. The Morgan fingerprint density at radius 1 is 1.32 bits per heavy atom. The van der Waals surface area contributed by atoms with Crippen molar-refractivity contribution >= 4 is 23.6 Å². The molecule has 1 unspecified atom stereocenters. The smallest absolute Gasteiger partial charge is 0.252 e. The molecule has 1 saturated carbocycles. The van der Waals surface area contributed by atoms with Crippen molar-refractivity contribution < 1.29 is 9.59 Å². The van der Waals surface area contributed by atoms with Crippen molar-refractivity contribution in [1.29, 1.82) is 0 Å². The lowest BCUT2D eigenvalue weighted by Crippen LogP contribution is -2.45. The van der Waals surface area contributed by atoms with Gasteiger partial charge in [0.05, 0.1) is 5.75 Å². The highest BCUT2D eigenvalue weighted by molar-refractivity contribution is 8.00. The fourth-order valence-corrected chi connectivity index (χ4v) is 3.19. The first-order valence-corrected chi connectivity index (χ1v) is 7.51. The van der Waals surface area contributed by atoms with Crippen molar-refractivity contribution in [3.63, 3.8) is 0 Å². The summed E-state index contributed by atoms with van der Waals surface area (Å²) >= 11 is 1.55. The third kappa shape index (κ3) is 2.61. The predicted molar refractivity (Wildman–Crippen MR) is 74.1 cm³/mol. The summed E-state index contributed by atoms with van der Waals surface area (Å²) in [6, 6.07) is 8.09. The lowest BCUT2D eigenvalue weighted by atomic mass is 10.1. The van der Waals surface area contributed by atoms with E-state index >= 15 is 0 Å². The Morgan fingerprint density at radius 3 is 2.63 bits per heavy atom. The standard InChI is InChI=1S/C14H16N2O2S/c1-9-2-4-11(5-3-9)14-16(12(17)8-19-14)15-13(18)10-6-7-10/h2-5,10,14H,6-8H2,1H3,(H,15,18). The number of rotatable bonds is 3. The minimum atomic E-state index is -0.101. The average molecular weight is 276 g/mol. The lowest BCUT2D eigenvalue weighted by molar-refractivity contribution is -0.140. The van der Waals surface area contributed by atoms with Crippen LogP contribution in [0.4, 0.5) is 0 Å². The molecule has 2 fully saturated rings. The van der Waals surface area contributed by atoms with Crippen LogP contribution in [0.3, 0.4) is 0 Å². The fourth-order valence-electron chi connectivity index (χ4n) is 2.08. The zero-order valence-electron chi connectivity index (χ0n) is 10.8. The van der Waals surface area contributed by atoms with Gasteiger partial charge in [0, 0.05) is 5.92 Å². The van der Waals surface area contributed by atoms with Crippen LogP contribution < -0.4 is 5.43 Å². The van der Waals surface area contributed by atoms with Gasteiger partial charge >= 0.3 is 0 Å². The van der Waals surface area contributed by atoms with Gasteiger partial charge in [-0.05, 0) is 25.3 Å². The van der Waals surface area contributed by atoms with Crippen LogP contribution in [0.25, 0.3) is 0 Å². The Labute approximate surface area is 116 Å². The van der Waals surface area contributed by atoms with Gasteiger partial charge in [-0.2, -0.15) is 0 Å². The summed E-state index contributed by atoms with van der Waals surface area (Å²) in [6.45, 7) is 2.03. The molecule has 1 aliphatic carbocycles. The molecule has 1 atom stereocenters. The molecular weight excluding hydrogens is 260 g/mol. The number of hydrogen-bond acceptors (Lipinski definition) is 3. The normalized spacial score (nSPS) is 22.7. The molecule has 0 bridgehead atoms. The second-order valence-electron chi connectivity index (χ2n) is 5.09. The Balaban J connectivity index is 1.77. The molecule has 1 aliphatic heterocycles. The number of carbonyl (C=O) groups excluding carboxylic acids is 2. The highest BCUT2D eigenvalue weighted by Crippen LogP contribution is 2.38. The monoisotopic (exact) mass is 276 g/mol. The number of aryl methyl sites for hydroxylation is 1. The molecule has 19 heavy (non-hydrogen) atoms. The quantitative estimate of drug-likeness (QED) is 0.918. The summed E-state index contributed by atoms with van der Waals surface area (Å²) in [5.74, 6) is 0.485. The molecule has 0 spiro atoms. The van der Waals surface area contributed by atoms with E-state index < -0.39 is 0 Å². The van der Waals surface area contributed by atoms with Gasteiger partial charge in [0.2, 0.25) is 5.91 Å². The van der Waals surface area contributed by atoms with Crippen LogP contribution in [0.1, 0.15) is 29.3 Å². The second kappa shape index (κ2) is 4.89. The zero-order valence-corrected chi connectivity index (χ0v) is 11.6. The molecule has 3 rings (SSSR count). The molecule has 1 heterocycles. The first kappa shape index (κ1) is 12.5. The van der Waals surface area contributed by atoms with Crippen molar-refractivity contribution in [3.8, 4) is 0 Å². The summed E-state index contributed by atoms with van der Waals surface area (Å²) in [5.41, 5.74) is 5.02. The van der Waals surface area contributed by atoms with Gasteiger partial charge in [0.1, 0.15) is 5.37 Å². The molecule has 100 valence electrons. The zero-order chi connectivity index (χ0) is 13.4. The maximum Gasteiger partial charge on any atom is 0.252 e. The predicted octanol–water partition coefficient (Wildman–Crippen LogP) is 2.01. The first-order valence-electron chi connectivity index (χ1n) is 6.46. The minimum absolute atomic E-state index is 0.0204. The Hall–Kier alpha value is -1.49. The van der Waals surface area contributed by atoms with Gasteiger partial charge in [-0.15, -0.1) is 11.8 Å². The van der Waals surface area contributed by atoms with E-state index in [0.717, 1.165) is 18.4 Å². The van der Waals surface area contributed by atoms with Gasteiger partial charge < -0.3 is 0 Å². The number of nitrogens with one attached hydrogen (secondary N) is 1. The van der Waals surface area contributed by atoms with E-state index in [9.17, 15) is 9.59 Å². The molecular formula is C14H16N2O2S. The molecule has 2 aliphatic rings. The molecule has 0 aromatic heterocycles. The minimum Gasteiger partial charge on any atom is -0.273 e. The van der Waals surface area contributed by atoms with Crippen molar-refractivity contribution in [2.45, 2.75) is 25.1 Å². The van der Waals surface area contributed by atoms with Crippen molar-refractivity contribution in [2.75, 3.05) is 5.75 Å². The highest BCUT2D eigenvalue weighted by Gasteiger charge is 2.37.